The second-order valence-electron chi connectivity index (χ2n) is 3.72. The van der Waals surface area contributed by atoms with Gasteiger partial charge in [-0.2, -0.15) is 0 Å². The molecule has 2 aromatic rings. The number of benzene rings is 2. The molecule has 1 N–H and O–H groups in total. The van der Waals surface area contributed by atoms with Crippen LogP contribution in [0.15, 0.2) is 60.8 Å². The summed E-state index contributed by atoms with van der Waals surface area (Å²) in [5.41, 5.74) is 6.84. The number of rotatable bonds is 1. The molecule has 0 amide bonds. The van der Waals surface area contributed by atoms with Gasteiger partial charge in [0.05, 0.1) is 11.4 Å². The molecule has 1 aliphatic heterocycles. The topological polar surface area (TPSA) is 15.3 Å². The van der Waals surface area contributed by atoms with Crippen molar-refractivity contribution in [1.29, 1.82) is 0 Å². The second-order valence-corrected chi connectivity index (χ2v) is 3.72. The van der Waals surface area contributed by atoms with Crippen LogP contribution in [-0.2, 0) is 0 Å². The number of hydrazine groups is 1. The average Bonchev–Trinajstić information content (AvgIpc) is 2.39. The molecule has 0 aliphatic carbocycles. The molecule has 0 bridgehead atoms. The Morgan fingerprint density at radius 1 is 0.812 bits per heavy atom. The Hall–Kier alpha value is -2.22. The summed E-state index contributed by atoms with van der Waals surface area (Å²) < 4.78 is 0. The molecule has 0 spiro atoms. The van der Waals surface area contributed by atoms with Gasteiger partial charge in [0.1, 0.15) is 0 Å². The highest BCUT2D eigenvalue weighted by atomic mass is 15.5. The highest BCUT2D eigenvalue weighted by molar-refractivity contribution is 5.74. The fourth-order valence-corrected chi connectivity index (χ4v) is 1.81. The molecule has 0 saturated carbocycles. The van der Waals surface area contributed by atoms with Crippen LogP contribution in [-0.4, -0.2) is 0 Å². The Morgan fingerprint density at radius 2 is 1.56 bits per heavy atom. The van der Waals surface area contributed by atoms with Gasteiger partial charge in [-0.05, 0) is 24.3 Å². The van der Waals surface area contributed by atoms with Crippen molar-refractivity contribution in [3.63, 3.8) is 0 Å². The van der Waals surface area contributed by atoms with Crippen molar-refractivity contribution in [2.45, 2.75) is 0 Å². The fraction of sp³-hybridized carbons (Fsp3) is 0. The van der Waals surface area contributed by atoms with Crippen LogP contribution in [0.3, 0.4) is 0 Å². The van der Waals surface area contributed by atoms with Crippen molar-refractivity contribution in [2.24, 2.45) is 0 Å². The molecule has 2 heteroatoms. The zero-order chi connectivity index (χ0) is 10.8. The number of hydrogen-bond donors (Lipinski definition) is 1. The number of nitrogens with one attached hydrogen (secondary N) is 1. The van der Waals surface area contributed by atoms with E-state index in [0.29, 0.717) is 0 Å². The van der Waals surface area contributed by atoms with Crippen molar-refractivity contribution >= 4 is 17.5 Å². The molecular weight excluding hydrogens is 196 g/mol. The molecule has 0 unspecified atom stereocenters. The van der Waals surface area contributed by atoms with Gasteiger partial charge in [-0.1, -0.05) is 36.4 Å². The minimum Gasteiger partial charge on any atom is -0.294 e. The predicted molar refractivity (Wildman–Crippen MR) is 68.0 cm³/mol. The molecular formula is C14H12N2. The molecule has 16 heavy (non-hydrogen) atoms. The maximum atomic E-state index is 3.36. The SMILES string of the molecule is C1=CN(c2ccccc2)Nc2ccccc21. The largest absolute Gasteiger partial charge is 0.294 e. The maximum absolute atomic E-state index is 3.36. The zero-order valence-electron chi connectivity index (χ0n) is 8.80. The third-order valence-electron chi connectivity index (χ3n) is 2.64. The van der Waals surface area contributed by atoms with Gasteiger partial charge in [0.15, 0.2) is 0 Å². The van der Waals surface area contributed by atoms with E-state index < -0.39 is 0 Å². The first-order valence-corrected chi connectivity index (χ1v) is 5.32. The summed E-state index contributed by atoms with van der Waals surface area (Å²) in [7, 11) is 0. The van der Waals surface area contributed by atoms with E-state index in [1.54, 1.807) is 0 Å². The van der Waals surface area contributed by atoms with Crippen LogP contribution in [0.4, 0.5) is 11.4 Å². The molecule has 2 nitrogen and oxygen atoms in total. The van der Waals surface area contributed by atoms with E-state index in [2.05, 4.69) is 35.8 Å². The van der Waals surface area contributed by atoms with Gasteiger partial charge in [0, 0.05) is 11.8 Å². The van der Waals surface area contributed by atoms with Crippen molar-refractivity contribution in [3.8, 4) is 0 Å². The second kappa shape index (κ2) is 3.74. The lowest BCUT2D eigenvalue weighted by molar-refractivity contribution is 1.15. The first kappa shape index (κ1) is 9.04. The molecule has 0 saturated heterocycles. The molecule has 0 fully saturated rings. The number of nitrogens with zero attached hydrogens (tertiary/aromatic N) is 1. The summed E-state index contributed by atoms with van der Waals surface area (Å²) in [6, 6.07) is 18.5. The third-order valence-corrected chi connectivity index (χ3v) is 2.64. The number of anilines is 2. The summed E-state index contributed by atoms with van der Waals surface area (Å²) in [5, 5.41) is 2.02. The molecule has 0 aromatic heterocycles. The van der Waals surface area contributed by atoms with Crippen LogP contribution in [0, 0.1) is 0 Å². The lowest BCUT2D eigenvalue weighted by atomic mass is 10.1. The van der Waals surface area contributed by atoms with E-state index in [9.17, 15) is 0 Å². The van der Waals surface area contributed by atoms with Gasteiger partial charge >= 0.3 is 0 Å². The Balaban J connectivity index is 1.95. The van der Waals surface area contributed by atoms with Gasteiger partial charge < -0.3 is 0 Å². The highest BCUT2D eigenvalue weighted by Crippen LogP contribution is 2.25. The standard InChI is InChI=1S/C14H12N2/c1-2-7-13(8-3-1)16-11-10-12-6-4-5-9-14(12)15-16/h1-11,15H. The van der Waals surface area contributed by atoms with Gasteiger partial charge in [-0.15, -0.1) is 0 Å². The molecule has 1 aliphatic rings. The smallest absolute Gasteiger partial charge is 0.0623 e. The molecule has 78 valence electrons. The lowest BCUT2D eigenvalue weighted by Gasteiger charge is -2.27. The quantitative estimate of drug-likeness (QED) is 0.771. The van der Waals surface area contributed by atoms with Crippen LogP contribution in [0.2, 0.25) is 0 Å². The minimum absolute atomic E-state index is 1.13. The van der Waals surface area contributed by atoms with Crippen molar-refractivity contribution in [2.75, 3.05) is 10.4 Å². The predicted octanol–water partition coefficient (Wildman–Crippen LogP) is 3.50. The number of fused-ring (bicyclic) bond motifs is 1. The first-order chi connectivity index (χ1) is 7.93. The summed E-state index contributed by atoms with van der Waals surface area (Å²) in [6.45, 7) is 0. The normalized spacial score (nSPS) is 13.1. The Bertz CT molecular complexity index is 517. The van der Waals surface area contributed by atoms with Crippen molar-refractivity contribution in [3.05, 3.63) is 66.4 Å². The van der Waals surface area contributed by atoms with E-state index in [4.69, 9.17) is 0 Å². The summed E-state index contributed by atoms with van der Waals surface area (Å²) in [5.74, 6) is 0. The van der Waals surface area contributed by atoms with Crippen molar-refractivity contribution in [1.82, 2.24) is 0 Å². The summed E-state index contributed by atoms with van der Waals surface area (Å²) >= 11 is 0. The summed E-state index contributed by atoms with van der Waals surface area (Å²) in [4.78, 5) is 0. The van der Waals surface area contributed by atoms with Crippen LogP contribution < -0.4 is 10.4 Å². The van der Waals surface area contributed by atoms with E-state index in [0.717, 1.165) is 11.4 Å². The summed E-state index contributed by atoms with van der Waals surface area (Å²) in [6.07, 6.45) is 4.15. The molecule has 2 aromatic carbocycles. The minimum atomic E-state index is 1.13. The van der Waals surface area contributed by atoms with Gasteiger partial charge in [-0.3, -0.25) is 10.4 Å². The molecule has 0 atom stereocenters. The monoisotopic (exact) mass is 208 g/mol. The first-order valence-electron chi connectivity index (χ1n) is 5.32. The van der Waals surface area contributed by atoms with Crippen LogP contribution >= 0.6 is 0 Å². The zero-order valence-corrected chi connectivity index (χ0v) is 8.80. The van der Waals surface area contributed by atoms with Crippen LogP contribution in [0.5, 0.6) is 0 Å². The van der Waals surface area contributed by atoms with E-state index >= 15 is 0 Å². The van der Waals surface area contributed by atoms with E-state index in [-0.39, 0.29) is 0 Å². The average molecular weight is 208 g/mol. The lowest BCUT2D eigenvalue weighted by Crippen LogP contribution is -2.26. The third kappa shape index (κ3) is 1.54. The van der Waals surface area contributed by atoms with E-state index in [1.165, 1.54) is 5.56 Å². The van der Waals surface area contributed by atoms with Crippen LogP contribution in [0.25, 0.3) is 6.08 Å². The van der Waals surface area contributed by atoms with Crippen molar-refractivity contribution < 1.29 is 0 Å². The maximum Gasteiger partial charge on any atom is 0.0623 e. The van der Waals surface area contributed by atoms with Gasteiger partial charge in [0.2, 0.25) is 0 Å². The Morgan fingerprint density at radius 3 is 2.44 bits per heavy atom. The molecule has 0 radical (unpaired) electrons. The number of hydrogen-bond acceptors (Lipinski definition) is 2. The molecule has 1 heterocycles. The molecule has 3 rings (SSSR count). The van der Waals surface area contributed by atoms with E-state index in [1.807, 2.05) is 41.5 Å². The Labute approximate surface area is 94.8 Å². The fourth-order valence-electron chi connectivity index (χ4n) is 1.81. The number of para-hydroxylation sites is 2. The highest BCUT2D eigenvalue weighted by Gasteiger charge is 2.09. The van der Waals surface area contributed by atoms with Crippen LogP contribution in [0.1, 0.15) is 5.56 Å². The van der Waals surface area contributed by atoms with Gasteiger partial charge in [-0.25, -0.2) is 0 Å². The Kier molecular flexibility index (Phi) is 2.11. The van der Waals surface area contributed by atoms with Gasteiger partial charge in [0.25, 0.3) is 0 Å².